The number of ether oxygens (including phenoxy) is 4. The summed E-state index contributed by atoms with van der Waals surface area (Å²) in [6, 6.07) is 10.5. The first-order valence-corrected chi connectivity index (χ1v) is 17.9. The van der Waals surface area contributed by atoms with Gasteiger partial charge < -0.3 is 28.8 Å². The fraction of sp³-hybridized carbons (Fsp3) is 0.516. The predicted octanol–water partition coefficient (Wildman–Crippen LogP) is 7.01. The molecular weight excluding hydrogens is 538 g/mol. The summed E-state index contributed by atoms with van der Waals surface area (Å²) in [5, 5.41) is 3.71. The Morgan fingerprint density at radius 1 is 1.15 bits per heavy atom. The number of esters is 1. The van der Waals surface area contributed by atoms with Crippen LogP contribution in [-0.4, -0.2) is 55.0 Å². The summed E-state index contributed by atoms with van der Waals surface area (Å²) < 4.78 is 24.9. The smallest absolute Gasteiger partial charge is 0.407 e. The van der Waals surface area contributed by atoms with Crippen LogP contribution >= 0.6 is 0 Å². The molecule has 0 aliphatic rings. The van der Waals surface area contributed by atoms with Gasteiger partial charge in [0.1, 0.15) is 29.5 Å². The van der Waals surface area contributed by atoms with Gasteiger partial charge in [-0.1, -0.05) is 31.8 Å². The van der Waals surface area contributed by atoms with Gasteiger partial charge in [0.05, 0.1) is 18.4 Å². The monoisotopic (exact) mass is 583 g/mol. The number of rotatable bonds is 13. The number of alkyl carbamates (subject to hydrolysis) is 1. The van der Waals surface area contributed by atoms with Crippen LogP contribution in [0.4, 0.5) is 4.79 Å². The van der Waals surface area contributed by atoms with Gasteiger partial charge in [0.15, 0.2) is 0 Å². The zero-order chi connectivity index (χ0) is 30.2. The summed E-state index contributed by atoms with van der Waals surface area (Å²) >= 11 is 0. The lowest BCUT2D eigenvalue weighted by Gasteiger charge is -2.22. The Kier molecular flexibility index (Phi) is 11.0. The summed E-state index contributed by atoms with van der Waals surface area (Å²) in [4.78, 5) is 29.3. The van der Waals surface area contributed by atoms with Crippen molar-refractivity contribution in [3.05, 3.63) is 53.9 Å². The molecule has 2 heterocycles. The van der Waals surface area contributed by atoms with Crippen LogP contribution in [0.3, 0.4) is 0 Å². The molecule has 0 saturated heterocycles. The van der Waals surface area contributed by atoms with Crippen LogP contribution in [-0.2, 0) is 25.7 Å². The van der Waals surface area contributed by atoms with E-state index >= 15 is 0 Å². The summed E-state index contributed by atoms with van der Waals surface area (Å²) in [6.45, 7) is 17.9. The number of hydrogen-bond acceptors (Lipinski definition) is 7. The minimum Gasteiger partial charge on any atom is -0.466 e. The minimum atomic E-state index is -1.17. The number of nitrogens with zero attached hydrogens (tertiary/aromatic N) is 2. The molecule has 0 saturated carbocycles. The predicted molar refractivity (Wildman–Crippen MR) is 163 cm³/mol. The summed E-state index contributed by atoms with van der Waals surface area (Å²) in [6.07, 6.45) is 3.33. The molecular formula is C31H45N3O6Si. The van der Waals surface area contributed by atoms with Gasteiger partial charge in [-0.3, -0.25) is 4.79 Å². The molecule has 10 heteroatoms. The largest absolute Gasteiger partial charge is 0.466 e. The van der Waals surface area contributed by atoms with Crippen LogP contribution in [0.2, 0.25) is 25.7 Å². The first-order chi connectivity index (χ1) is 19.3. The highest BCUT2D eigenvalue weighted by Crippen LogP contribution is 2.34. The Bertz CT molecular complexity index is 1330. The number of aryl methyl sites for hydroxylation is 1. The third-order valence-corrected chi connectivity index (χ3v) is 8.01. The summed E-state index contributed by atoms with van der Waals surface area (Å²) in [5.74, 6) is 0.618. The van der Waals surface area contributed by atoms with E-state index in [9.17, 15) is 9.59 Å². The molecule has 3 rings (SSSR count). The number of hydrogen-bond donors (Lipinski definition) is 1. The molecule has 224 valence electrons. The molecule has 0 radical (unpaired) electrons. The number of fused-ring (bicyclic) bond motifs is 1. The van der Waals surface area contributed by atoms with Gasteiger partial charge in [-0.2, -0.15) is 0 Å². The van der Waals surface area contributed by atoms with Crippen molar-refractivity contribution in [2.45, 2.75) is 85.0 Å². The maximum atomic E-state index is 12.4. The second kappa shape index (κ2) is 14.0. The van der Waals surface area contributed by atoms with E-state index in [0.717, 1.165) is 34.8 Å². The van der Waals surface area contributed by atoms with Crippen LogP contribution in [0.15, 0.2) is 42.7 Å². The van der Waals surface area contributed by atoms with Crippen molar-refractivity contribution in [2.75, 3.05) is 19.8 Å². The average Bonchev–Trinajstić information content (AvgIpc) is 3.19. The lowest BCUT2D eigenvalue weighted by Crippen LogP contribution is -2.35. The number of amides is 1. The first-order valence-electron chi connectivity index (χ1n) is 14.2. The lowest BCUT2D eigenvalue weighted by molar-refractivity contribution is -0.143. The Labute approximate surface area is 244 Å². The molecule has 1 unspecified atom stereocenters. The van der Waals surface area contributed by atoms with Gasteiger partial charge in [0.2, 0.25) is 0 Å². The third-order valence-electron chi connectivity index (χ3n) is 6.30. The molecule has 0 fully saturated rings. The molecule has 41 heavy (non-hydrogen) atoms. The first kappa shape index (κ1) is 32.1. The van der Waals surface area contributed by atoms with Gasteiger partial charge in [-0.15, -0.1) is 0 Å². The molecule has 0 spiro atoms. The van der Waals surface area contributed by atoms with Crippen molar-refractivity contribution in [1.29, 1.82) is 0 Å². The quantitative estimate of drug-likeness (QED) is 0.131. The van der Waals surface area contributed by atoms with Gasteiger partial charge in [0, 0.05) is 39.5 Å². The second-order valence-electron chi connectivity index (χ2n) is 12.4. The van der Waals surface area contributed by atoms with Crippen LogP contribution in [0.5, 0.6) is 11.5 Å². The van der Waals surface area contributed by atoms with Crippen LogP contribution in [0, 0.1) is 6.92 Å². The molecule has 0 bridgehead atoms. The maximum absolute atomic E-state index is 12.4. The third kappa shape index (κ3) is 10.2. The van der Waals surface area contributed by atoms with Crippen molar-refractivity contribution in [3.8, 4) is 11.5 Å². The molecule has 1 atom stereocenters. The second-order valence-corrected chi connectivity index (χ2v) is 18.0. The zero-order valence-corrected chi connectivity index (χ0v) is 26.7. The Morgan fingerprint density at radius 3 is 2.59 bits per heavy atom. The number of carbonyl (C=O) groups is 2. The molecule has 1 amide bonds. The number of pyridine rings is 1. The average molecular weight is 584 g/mol. The molecule has 2 aromatic heterocycles. The zero-order valence-electron chi connectivity index (χ0n) is 25.7. The van der Waals surface area contributed by atoms with Gasteiger partial charge in [-0.25, -0.2) is 9.78 Å². The van der Waals surface area contributed by atoms with Crippen molar-refractivity contribution in [3.63, 3.8) is 0 Å². The van der Waals surface area contributed by atoms with E-state index in [2.05, 4.69) is 29.9 Å². The van der Waals surface area contributed by atoms with E-state index in [1.54, 1.807) is 33.9 Å². The Balaban J connectivity index is 1.80. The summed E-state index contributed by atoms with van der Waals surface area (Å²) in [5.41, 5.74) is 2.05. The van der Waals surface area contributed by atoms with E-state index in [-0.39, 0.29) is 31.5 Å². The highest BCUT2D eigenvalue weighted by atomic mass is 28.3. The SMILES string of the molecule is CCOC(=O)CC(CNC(=O)OC(C)(C)C)c1cccc(Oc2ccnc3c2c(C)cn3COCC[Si](C)(C)C)c1. The van der Waals surface area contributed by atoms with Crippen molar-refractivity contribution < 1.29 is 28.5 Å². The molecule has 1 N–H and O–H groups in total. The van der Waals surface area contributed by atoms with Crippen LogP contribution < -0.4 is 10.1 Å². The van der Waals surface area contributed by atoms with Crippen LogP contribution in [0.1, 0.15) is 51.2 Å². The topological polar surface area (TPSA) is 101 Å². The molecule has 1 aromatic carbocycles. The standard InChI is InChI=1S/C31H45N3O6Si/c1-9-38-27(35)18-24(19-33-30(36)40-31(3,4)5)23-11-10-12-25(17-23)39-26-13-14-32-29-28(26)22(2)20-34(29)21-37-15-16-41(6,7)8/h10-14,17,20,24H,9,15-16,18-19,21H2,1-8H3,(H,33,36). The number of carbonyl (C=O) groups excluding carboxylic acids is 2. The highest BCUT2D eigenvalue weighted by Gasteiger charge is 2.22. The molecule has 0 aliphatic heterocycles. The summed E-state index contributed by atoms with van der Waals surface area (Å²) in [7, 11) is -1.17. The molecule has 3 aromatic rings. The molecule has 9 nitrogen and oxygen atoms in total. The minimum absolute atomic E-state index is 0.103. The van der Waals surface area contributed by atoms with E-state index in [0.29, 0.717) is 18.2 Å². The molecule has 0 aliphatic carbocycles. The van der Waals surface area contributed by atoms with Crippen molar-refractivity contribution >= 4 is 31.2 Å². The van der Waals surface area contributed by atoms with E-state index in [1.807, 2.05) is 48.0 Å². The van der Waals surface area contributed by atoms with Gasteiger partial charge >= 0.3 is 12.1 Å². The van der Waals surface area contributed by atoms with Crippen molar-refractivity contribution in [1.82, 2.24) is 14.9 Å². The van der Waals surface area contributed by atoms with Crippen LogP contribution in [0.25, 0.3) is 11.0 Å². The van der Waals surface area contributed by atoms with Crippen molar-refractivity contribution in [2.24, 2.45) is 0 Å². The van der Waals surface area contributed by atoms with Gasteiger partial charge in [-0.05, 0) is 70.0 Å². The Hall–Kier alpha value is -3.37. The number of nitrogens with one attached hydrogen (secondary N) is 1. The number of aromatic nitrogens is 2. The lowest BCUT2D eigenvalue weighted by atomic mass is 9.95. The van der Waals surface area contributed by atoms with E-state index < -0.39 is 19.8 Å². The Morgan fingerprint density at radius 2 is 1.90 bits per heavy atom. The fourth-order valence-corrected chi connectivity index (χ4v) is 5.07. The normalized spacial score (nSPS) is 12.7. The van der Waals surface area contributed by atoms with E-state index in [1.165, 1.54) is 0 Å². The highest BCUT2D eigenvalue weighted by molar-refractivity contribution is 6.76. The number of benzene rings is 1. The van der Waals surface area contributed by atoms with Gasteiger partial charge in [0.25, 0.3) is 0 Å². The van der Waals surface area contributed by atoms with E-state index in [4.69, 9.17) is 18.9 Å². The fourth-order valence-electron chi connectivity index (χ4n) is 4.31. The maximum Gasteiger partial charge on any atom is 0.407 e.